The minimum atomic E-state index is -0.189. The van der Waals surface area contributed by atoms with Crippen LogP contribution >= 0.6 is 0 Å². The van der Waals surface area contributed by atoms with Crippen molar-refractivity contribution in [3.63, 3.8) is 0 Å². The minimum Gasteiger partial charge on any atom is -0.368 e. The molecule has 9 heteroatoms. The van der Waals surface area contributed by atoms with Crippen molar-refractivity contribution in [1.29, 1.82) is 0 Å². The van der Waals surface area contributed by atoms with Crippen LogP contribution < -0.4 is 20.0 Å². The average molecular weight is 464 g/mol. The van der Waals surface area contributed by atoms with Gasteiger partial charge in [-0.2, -0.15) is 4.98 Å². The van der Waals surface area contributed by atoms with E-state index in [1.54, 1.807) is 6.92 Å². The van der Waals surface area contributed by atoms with Crippen LogP contribution in [0.5, 0.6) is 0 Å². The van der Waals surface area contributed by atoms with Crippen LogP contribution in [-0.4, -0.2) is 78.9 Å². The number of fused-ring (bicyclic) bond motifs is 1. The highest BCUT2D eigenvalue weighted by Crippen LogP contribution is 2.38. The maximum atomic E-state index is 11.9. The molecule has 1 aromatic heterocycles. The molecule has 3 heterocycles. The lowest BCUT2D eigenvalue weighted by molar-refractivity contribution is -0.129. The molecule has 5 rings (SSSR count). The third kappa shape index (κ3) is 4.38. The first-order chi connectivity index (χ1) is 16.5. The largest absolute Gasteiger partial charge is 0.368 e. The van der Waals surface area contributed by atoms with Gasteiger partial charge in [-0.3, -0.25) is 4.79 Å². The Hall–Kier alpha value is -3.36. The Bertz CT molecular complexity index is 1030. The molecule has 0 bridgehead atoms. The van der Waals surface area contributed by atoms with Gasteiger partial charge in [-0.15, -0.1) is 0 Å². The van der Waals surface area contributed by atoms with Crippen molar-refractivity contribution in [2.45, 2.75) is 44.7 Å². The van der Waals surface area contributed by atoms with Gasteiger partial charge in [0.05, 0.1) is 11.9 Å². The van der Waals surface area contributed by atoms with Gasteiger partial charge >= 0.3 is 0 Å². The van der Waals surface area contributed by atoms with Crippen molar-refractivity contribution in [2.24, 2.45) is 0 Å². The number of hydrogen-bond acceptors (Lipinski definition) is 8. The van der Waals surface area contributed by atoms with Gasteiger partial charge in [0.2, 0.25) is 11.9 Å². The number of anilines is 5. The van der Waals surface area contributed by atoms with Crippen LogP contribution in [0, 0.1) is 0 Å². The fourth-order valence-electron chi connectivity index (χ4n) is 5.41. The molecular weight excluding hydrogens is 430 g/mol. The predicted octanol–water partition coefficient (Wildman–Crippen LogP) is 2.66. The van der Waals surface area contributed by atoms with E-state index in [4.69, 9.17) is 4.98 Å². The lowest BCUT2D eigenvalue weighted by Crippen LogP contribution is -2.53. The zero-order valence-corrected chi connectivity index (χ0v) is 20.0. The highest BCUT2D eigenvalue weighted by Gasteiger charge is 2.36. The van der Waals surface area contributed by atoms with Crippen molar-refractivity contribution in [2.75, 3.05) is 59.8 Å². The fraction of sp³-hybridized carbons (Fsp3) is 0.520. The van der Waals surface area contributed by atoms with Crippen LogP contribution in [0.15, 0.2) is 30.5 Å². The second-order valence-electron chi connectivity index (χ2n) is 9.50. The molecule has 0 spiro atoms. The maximum Gasteiger partial charge on any atom is 0.229 e. The third-order valence-electron chi connectivity index (χ3n) is 7.31. The Labute approximate surface area is 200 Å². The van der Waals surface area contributed by atoms with Gasteiger partial charge in [-0.05, 0) is 37.1 Å². The molecule has 1 aromatic carbocycles. The van der Waals surface area contributed by atoms with Gasteiger partial charge in [0.1, 0.15) is 12.3 Å². The third-order valence-corrected chi connectivity index (χ3v) is 7.31. The van der Waals surface area contributed by atoms with Gasteiger partial charge in [-0.1, -0.05) is 12.8 Å². The number of nitrogens with one attached hydrogen (secondary N) is 1. The summed E-state index contributed by atoms with van der Waals surface area (Å²) in [6.45, 7) is 5.47. The molecule has 1 saturated carbocycles. The fourth-order valence-corrected chi connectivity index (χ4v) is 5.41. The van der Waals surface area contributed by atoms with E-state index in [2.05, 4.69) is 37.1 Å². The molecular formula is C25H33N7O2. The van der Waals surface area contributed by atoms with Crippen molar-refractivity contribution in [3.8, 4) is 0 Å². The molecule has 180 valence electrons. The molecule has 1 amide bonds. The van der Waals surface area contributed by atoms with Crippen LogP contribution in [0.25, 0.3) is 0 Å². The molecule has 1 N–H and O–H groups in total. The van der Waals surface area contributed by atoms with Crippen molar-refractivity contribution in [3.05, 3.63) is 30.5 Å². The Morgan fingerprint density at radius 3 is 2.44 bits per heavy atom. The lowest BCUT2D eigenvalue weighted by Gasteiger charge is -2.43. The average Bonchev–Trinajstić information content (AvgIpc) is 3.39. The van der Waals surface area contributed by atoms with Crippen LogP contribution in [0.2, 0.25) is 0 Å². The first-order valence-electron chi connectivity index (χ1n) is 12.2. The summed E-state index contributed by atoms with van der Waals surface area (Å²) in [5.41, 5.74) is 3.02. The molecule has 9 nitrogen and oxygen atoms in total. The lowest BCUT2D eigenvalue weighted by atomic mass is 10.1. The van der Waals surface area contributed by atoms with Crippen molar-refractivity contribution >= 4 is 41.0 Å². The number of piperazine rings is 1. The molecule has 2 fully saturated rings. The maximum absolute atomic E-state index is 11.9. The zero-order chi connectivity index (χ0) is 23.7. The number of amides is 1. The smallest absolute Gasteiger partial charge is 0.229 e. The number of aldehydes is 1. The molecule has 1 saturated heterocycles. The van der Waals surface area contributed by atoms with E-state index in [0.29, 0.717) is 18.5 Å². The molecule has 1 aliphatic carbocycles. The number of rotatable bonds is 5. The van der Waals surface area contributed by atoms with E-state index >= 15 is 0 Å². The van der Waals surface area contributed by atoms with Crippen LogP contribution in [0.1, 0.15) is 32.6 Å². The number of aromatic nitrogens is 2. The van der Waals surface area contributed by atoms with E-state index in [-0.39, 0.29) is 11.9 Å². The zero-order valence-electron chi connectivity index (χ0n) is 20.0. The molecule has 2 aliphatic heterocycles. The summed E-state index contributed by atoms with van der Waals surface area (Å²) >= 11 is 0. The van der Waals surface area contributed by atoms with Crippen LogP contribution in [0.3, 0.4) is 0 Å². The quantitative estimate of drug-likeness (QED) is 0.678. The Kier molecular flexibility index (Phi) is 6.26. The summed E-state index contributed by atoms with van der Waals surface area (Å²) in [5.74, 6) is 1.51. The van der Waals surface area contributed by atoms with Crippen molar-refractivity contribution < 1.29 is 9.59 Å². The van der Waals surface area contributed by atoms with E-state index in [1.807, 2.05) is 30.3 Å². The van der Waals surface area contributed by atoms with Gasteiger partial charge in [0.15, 0.2) is 5.82 Å². The number of carbonyl (C=O) groups is 2. The Balaban J connectivity index is 1.32. The van der Waals surface area contributed by atoms with Gasteiger partial charge < -0.3 is 29.7 Å². The van der Waals surface area contributed by atoms with Gasteiger partial charge in [0, 0.05) is 64.1 Å². The summed E-state index contributed by atoms with van der Waals surface area (Å²) in [4.78, 5) is 41.4. The standard InChI is InChI=1S/C25H33N7O2/c1-18(34)30-11-13-31(14-12-30)20-9-7-19(8-10-20)27-25-26-15-23-24(28-25)32(21-5-3-4-6-21)22(17-33)16-29(23)2/h7-10,15,17,21-22H,3-6,11-14,16H2,1-2H3,(H,26,27,28). The summed E-state index contributed by atoms with van der Waals surface area (Å²) in [6, 6.07) is 8.41. The van der Waals surface area contributed by atoms with Crippen molar-refractivity contribution in [1.82, 2.24) is 14.9 Å². The second kappa shape index (κ2) is 9.48. The Morgan fingerprint density at radius 2 is 1.79 bits per heavy atom. The first kappa shape index (κ1) is 22.4. The summed E-state index contributed by atoms with van der Waals surface area (Å²) in [7, 11) is 1.99. The highest BCUT2D eigenvalue weighted by molar-refractivity contribution is 5.78. The topological polar surface area (TPSA) is 84.9 Å². The van der Waals surface area contributed by atoms with E-state index in [0.717, 1.165) is 68.2 Å². The van der Waals surface area contributed by atoms with Crippen LogP contribution in [0.4, 0.5) is 28.8 Å². The predicted molar refractivity (Wildman–Crippen MR) is 134 cm³/mol. The first-order valence-corrected chi connectivity index (χ1v) is 12.2. The van der Waals surface area contributed by atoms with E-state index in [9.17, 15) is 9.59 Å². The number of nitrogens with zero attached hydrogens (tertiary/aromatic N) is 6. The second-order valence-corrected chi connectivity index (χ2v) is 9.50. The molecule has 1 atom stereocenters. The summed E-state index contributed by atoms with van der Waals surface area (Å²) in [5, 5.41) is 3.34. The van der Waals surface area contributed by atoms with Gasteiger partial charge in [-0.25, -0.2) is 4.98 Å². The number of benzene rings is 1. The minimum absolute atomic E-state index is 0.140. The number of hydrogen-bond donors (Lipinski definition) is 1. The molecule has 0 radical (unpaired) electrons. The monoisotopic (exact) mass is 463 g/mol. The SMILES string of the molecule is CC(=O)N1CCN(c2ccc(Nc3ncc4c(n3)N(C3CCCC3)C(C=O)CN4C)cc2)CC1. The normalized spacial score (nSPS) is 20.9. The van der Waals surface area contributed by atoms with E-state index in [1.165, 1.54) is 12.8 Å². The molecule has 2 aromatic rings. The summed E-state index contributed by atoms with van der Waals surface area (Å²) in [6.07, 6.45) is 7.51. The van der Waals surface area contributed by atoms with Gasteiger partial charge in [0.25, 0.3) is 0 Å². The number of likely N-dealkylation sites (N-methyl/N-ethyl adjacent to an activating group) is 1. The van der Waals surface area contributed by atoms with E-state index < -0.39 is 0 Å². The van der Waals surface area contributed by atoms with Crippen LogP contribution in [-0.2, 0) is 9.59 Å². The molecule has 3 aliphatic rings. The summed E-state index contributed by atoms with van der Waals surface area (Å²) < 4.78 is 0. The highest BCUT2D eigenvalue weighted by atomic mass is 16.2. The number of carbonyl (C=O) groups excluding carboxylic acids is 2. The Morgan fingerprint density at radius 1 is 1.09 bits per heavy atom. The molecule has 1 unspecified atom stereocenters. The molecule has 34 heavy (non-hydrogen) atoms.